The fraction of sp³-hybridized carbons (Fsp3) is 0.250. The third kappa shape index (κ3) is 3.80. The SMILES string of the molecule is O=C(COc1ccc(Cl)c2cccnc12)N1CCN(c2ccccn2)CC1. The van der Waals surface area contributed by atoms with E-state index < -0.39 is 0 Å². The van der Waals surface area contributed by atoms with Gasteiger partial charge in [0.25, 0.3) is 5.91 Å². The van der Waals surface area contributed by atoms with Crippen molar-refractivity contribution in [2.45, 2.75) is 0 Å². The molecule has 1 saturated heterocycles. The number of nitrogens with zero attached hydrogens (tertiary/aromatic N) is 4. The lowest BCUT2D eigenvalue weighted by Gasteiger charge is -2.35. The van der Waals surface area contributed by atoms with E-state index in [0.29, 0.717) is 29.4 Å². The molecule has 4 rings (SSSR count). The lowest BCUT2D eigenvalue weighted by atomic mass is 10.2. The van der Waals surface area contributed by atoms with Gasteiger partial charge in [-0.3, -0.25) is 9.78 Å². The highest BCUT2D eigenvalue weighted by Crippen LogP contribution is 2.29. The molecule has 0 spiro atoms. The van der Waals surface area contributed by atoms with Crippen LogP contribution in [0.3, 0.4) is 0 Å². The van der Waals surface area contributed by atoms with Crippen molar-refractivity contribution in [1.82, 2.24) is 14.9 Å². The topological polar surface area (TPSA) is 58.6 Å². The number of ether oxygens (including phenoxy) is 1. The molecule has 1 aliphatic rings. The largest absolute Gasteiger partial charge is 0.481 e. The molecule has 3 aromatic rings. The van der Waals surface area contributed by atoms with Gasteiger partial charge in [0.05, 0.1) is 5.02 Å². The number of anilines is 1. The van der Waals surface area contributed by atoms with Crippen molar-refractivity contribution < 1.29 is 9.53 Å². The quantitative estimate of drug-likeness (QED) is 0.694. The Labute approximate surface area is 162 Å². The van der Waals surface area contributed by atoms with Gasteiger partial charge in [0.2, 0.25) is 0 Å². The zero-order valence-electron chi connectivity index (χ0n) is 14.7. The summed E-state index contributed by atoms with van der Waals surface area (Å²) in [7, 11) is 0. The van der Waals surface area contributed by atoms with Crippen molar-refractivity contribution in [2.24, 2.45) is 0 Å². The van der Waals surface area contributed by atoms with Crippen LogP contribution in [-0.2, 0) is 4.79 Å². The molecule has 0 N–H and O–H groups in total. The number of amides is 1. The Morgan fingerprint density at radius 1 is 1.00 bits per heavy atom. The molecular weight excluding hydrogens is 364 g/mol. The van der Waals surface area contributed by atoms with Gasteiger partial charge in [-0.05, 0) is 36.4 Å². The lowest BCUT2D eigenvalue weighted by molar-refractivity contribution is -0.133. The minimum atomic E-state index is -0.0327. The average molecular weight is 383 g/mol. The van der Waals surface area contributed by atoms with Crippen LogP contribution in [0.5, 0.6) is 5.75 Å². The second-order valence-electron chi connectivity index (χ2n) is 6.29. The first-order valence-electron chi connectivity index (χ1n) is 8.82. The summed E-state index contributed by atoms with van der Waals surface area (Å²) in [6, 6.07) is 13.1. The molecular formula is C20H19ClN4O2. The Hall–Kier alpha value is -2.86. The predicted octanol–water partition coefficient (Wildman–Crippen LogP) is 3.01. The van der Waals surface area contributed by atoms with Crippen molar-refractivity contribution in [2.75, 3.05) is 37.7 Å². The molecule has 2 aromatic heterocycles. The number of piperazine rings is 1. The van der Waals surface area contributed by atoms with E-state index in [0.717, 1.165) is 24.3 Å². The minimum absolute atomic E-state index is 0.0170. The maximum absolute atomic E-state index is 12.5. The van der Waals surface area contributed by atoms with Crippen LogP contribution in [0.15, 0.2) is 54.9 Å². The summed E-state index contributed by atoms with van der Waals surface area (Å²) < 4.78 is 5.76. The van der Waals surface area contributed by atoms with Crippen LogP contribution in [0.4, 0.5) is 5.82 Å². The molecule has 27 heavy (non-hydrogen) atoms. The molecule has 1 fully saturated rings. The molecule has 1 aliphatic heterocycles. The van der Waals surface area contributed by atoms with Gasteiger partial charge in [-0.15, -0.1) is 0 Å². The lowest BCUT2D eigenvalue weighted by Crippen LogP contribution is -2.50. The second-order valence-corrected chi connectivity index (χ2v) is 6.70. The van der Waals surface area contributed by atoms with Crippen LogP contribution < -0.4 is 9.64 Å². The van der Waals surface area contributed by atoms with Gasteiger partial charge in [-0.1, -0.05) is 17.7 Å². The Kier molecular flexibility index (Phi) is 5.07. The van der Waals surface area contributed by atoms with Crippen LogP contribution in [0.1, 0.15) is 0 Å². The number of pyridine rings is 2. The highest BCUT2D eigenvalue weighted by Gasteiger charge is 2.22. The van der Waals surface area contributed by atoms with Crippen LogP contribution in [0.25, 0.3) is 10.9 Å². The summed E-state index contributed by atoms with van der Waals surface area (Å²) in [5, 5.41) is 1.43. The zero-order chi connectivity index (χ0) is 18.6. The second kappa shape index (κ2) is 7.80. The van der Waals surface area contributed by atoms with Gasteiger partial charge in [0.1, 0.15) is 17.1 Å². The van der Waals surface area contributed by atoms with Crippen molar-refractivity contribution in [1.29, 1.82) is 0 Å². The third-order valence-corrected chi connectivity index (χ3v) is 4.97. The van der Waals surface area contributed by atoms with E-state index in [4.69, 9.17) is 16.3 Å². The molecule has 0 radical (unpaired) electrons. The number of hydrogen-bond acceptors (Lipinski definition) is 5. The van der Waals surface area contributed by atoms with Crippen molar-refractivity contribution in [3.8, 4) is 5.75 Å². The van der Waals surface area contributed by atoms with E-state index in [1.54, 1.807) is 24.5 Å². The number of benzene rings is 1. The molecule has 3 heterocycles. The molecule has 0 bridgehead atoms. The smallest absolute Gasteiger partial charge is 0.260 e. The first-order chi connectivity index (χ1) is 13.2. The highest BCUT2D eigenvalue weighted by atomic mass is 35.5. The van der Waals surface area contributed by atoms with Gasteiger partial charge in [-0.25, -0.2) is 4.98 Å². The molecule has 0 aliphatic carbocycles. The van der Waals surface area contributed by atoms with Gasteiger partial charge in [0.15, 0.2) is 6.61 Å². The molecule has 7 heteroatoms. The van der Waals surface area contributed by atoms with E-state index in [1.165, 1.54) is 0 Å². The van der Waals surface area contributed by atoms with E-state index in [2.05, 4.69) is 14.9 Å². The number of carbonyl (C=O) groups is 1. The molecule has 0 atom stereocenters. The number of carbonyl (C=O) groups excluding carboxylic acids is 1. The summed E-state index contributed by atoms with van der Waals surface area (Å²) in [4.78, 5) is 25.2. The molecule has 1 amide bonds. The fourth-order valence-corrected chi connectivity index (χ4v) is 3.40. The Balaban J connectivity index is 1.36. The third-order valence-electron chi connectivity index (χ3n) is 4.64. The molecule has 0 unspecified atom stereocenters. The first kappa shape index (κ1) is 17.5. The Morgan fingerprint density at radius 3 is 2.59 bits per heavy atom. The minimum Gasteiger partial charge on any atom is -0.481 e. The summed E-state index contributed by atoms with van der Waals surface area (Å²) in [5.41, 5.74) is 0.665. The van der Waals surface area contributed by atoms with E-state index in [-0.39, 0.29) is 12.5 Å². The number of aromatic nitrogens is 2. The van der Waals surface area contributed by atoms with Gasteiger partial charge < -0.3 is 14.5 Å². The Morgan fingerprint density at radius 2 is 1.81 bits per heavy atom. The first-order valence-corrected chi connectivity index (χ1v) is 9.20. The van der Waals surface area contributed by atoms with E-state index >= 15 is 0 Å². The Bertz CT molecular complexity index is 943. The van der Waals surface area contributed by atoms with Crippen LogP contribution in [0.2, 0.25) is 5.02 Å². The standard InChI is InChI=1S/C20H19ClN4O2/c21-16-6-7-17(20-15(16)4-3-9-23-20)27-14-19(26)25-12-10-24(11-13-25)18-5-1-2-8-22-18/h1-9H,10-14H2. The summed E-state index contributed by atoms with van der Waals surface area (Å²) in [6.45, 7) is 2.80. The van der Waals surface area contributed by atoms with Crippen LogP contribution >= 0.6 is 11.6 Å². The molecule has 138 valence electrons. The average Bonchev–Trinajstić information content (AvgIpc) is 2.74. The maximum Gasteiger partial charge on any atom is 0.260 e. The van der Waals surface area contributed by atoms with E-state index in [9.17, 15) is 4.79 Å². The number of halogens is 1. The maximum atomic E-state index is 12.5. The van der Waals surface area contributed by atoms with Crippen LogP contribution in [-0.4, -0.2) is 53.6 Å². The predicted molar refractivity (Wildman–Crippen MR) is 105 cm³/mol. The summed E-state index contributed by atoms with van der Waals surface area (Å²) in [6.07, 6.45) is 3.47. The molecule has 1 aromatic carbocycles. The normalized spacial score (nSPS) is 14.4. The fourth-order valence-electron chi connectivity index (χ4n) is 3.18. The number of rotatable bonds is 4. The zero-order valence-corrected chi connectivity index (χ0v) is 15.5. The van der Waals surface area contributed by atoms with Crippen LogP contribution in [0, 0.1) is 0 Å². The van der Waals surface area contributed by atoms with Gasteiger partial charge in [-0.2, -0.15) is 0 Å². The van der Waals surface area contributed by atoms with Gasteiger partial charge in [0, 0.05) is 44.0 Å². The van der Waals surface area contributed by atoms with Crippen molar-refractivity contribution in [3.63, 3.8) is 0 Å². The number of fused-ring (bicyclic) bond motifs is 1. The molecule has 0 saturated carbocycles. The van der Waals surface area contributed by atoms with Gasteiger partial charge >= 0.3 is 0 Å². The summed E-state index contributed by atoms with van der Waals surface area (Å²) in [5.74, 6) is 1.48. The van der Waals surface area contributed by atoms with Crippen molar-refractivity contribution in [3.05, 3.63) is 59.9 Å². The highest BCUT2D eigenvalue weighted by molar-refractivity contribution is 6.35. The van der Waals surface area contributed by atoms with Crippen molar-refractivity contribution >= 4 is 34.2 Å². The van der Waals surface area contributed by atoms with E-state index in [1.807, 2.05) is 35.2 Å². The number of hydrogen-bond donors (Lipinski definition) is 0. The monoisotopic (exact) mass is 382 g/mol. The molecule has 6 nitrogen and oxygen atoms in total. The summed E-state index contributed by atoms with van der Waals surface area (Å²) >= 11 is 6.20.